The summed E-state index contributed by atoms with van der Waals surface area (Å²) in [6.45, 7) is 0. The Bertz CT molecular complexity index is 3540. The predicted octanol–water partition coefficient (Wildman–Crippen LogP) is -2.16. The fraction of sp³-hybridized carbons (Fsp3) is 0. The van der Waals surface area contributed by atoms with E-state index in [-0.39, 0.29) is 0 Å². The van der Waals surface area contributed by atoms with Crippen LogP contribution < -0.4 is 43.7 Å². The van der Waals surface area contributed by atoms with Crippen molar-refractivity contribution in [1.82, 2.24) is 19.5 Å². The lowest BCUT2D eigenvalue weighted by Gasteiger charge is -2.16. The molecule has 14 heteroatoms. The van der Waals surface area contributed by atoms with E-state index in [1.165, 1.54) is 54.5 Å². The maximum absolute atomic E-state index is 6.78. The highest BCUT2D eigenvalue weighted by Gasteiger charge is 2.26. The summed E-state index contributed by atoms with van der Waals surface area (Å²) in [6.07, 6.45) is 0. The quantitative estimate of drug-likeness (QED) is 0.192. The lowest BCUT2D eigenvalue weighted by Crippen LogP contribution is -2.49. The van der Waals surface area contributed by atoms with Crippen molar-refractivity contribution in [2.24, 2.45) is 0 Å². The second-order valence-electron chi connectivity index (χ2n) is 16.2. The van der Waals surface area contributed by atoms with Gasteiger partial charge in [-0.15, -0.1) is 10.9 Å². The molecular formula is C45H34B8N4O2. The van der Waals surface area contributed by atoms with Gasteiger partial charge in [-0.25, -0.2) is 4.98 Å². The molecule has 0 aliphatic heterocycles. The molecule has 7 aromatic carbocycles. The average Bonchev–Trinajstić information content (AvgIpc) is 3.96. The van der Waals surface area contributed by atoms with Gasteiger partial charge in [-0.1, -0.05) is 118 Å². The smallest absolute Gasteiger partial charge is 0.238 e. The van der Waals surface area contributed by atoms with Crippen LogP contribution in [-0.2, 0) is 0 Å². The van der Waals surface area contributed by atoms with E-state index in [1.54, 1.807) is 0 Å². The third kappa shape index (κ3) is 5.08. The van der Waals surface area contributed by atoms with Crippen LogP contribution in [0.5, 0.6) is 0 Å². The van der Waals surface area contributed by atoms with Crippen LogP contribution in [0, 0.1) is 0 Å². The zero-order valence-electron chi connectivity index (χ0n) is 34.5. The standard InChI is InChI=1S/C45H34B8N4O2/c46-31-29-30-32(47)34(49)36(51)38(53)40(30)57(39(29)37(52)35(50)33(31)48)45-55-43(19-8-2-1-3-9-19)54-44(56-45)25-14-7-13-24-26-18-20(16-17-28(26)59-42(24)25)21-11-6-12-23-22-10-4-5-15-27(22)58-41(21)23/h1-18H,46-53H2. The molecule has 0 atom stereocenters. The van der Waals surface area contributed by atoms with Gasteiger partial charge in [-0.3, -0.25) is 4.57 Å². The summed E-state index contributed by atoms with van der Waals surface area (Å²) in [5.41, 5.74) is 19.6. The Morgan fingerprint density at radius 3 is 1.59 bits per heavy atom. The molecule has 0 fully saturated rings. The monoisotopic (exact) mass is 750 g/mol. The first-order chi connectivity index (χ1) is 28.6. The Labute approximate surface area is 348 Å². The van der Waals surface area contributed by atoms with E-state index in [1.807, 2.05) is 30.3 Å². The summed E-state index contributed by atoms with van der Waals surface area (Å²) in [7, 11) is 17.9. The van der Waals surface area contributed by atoms with Gasteiger partial charge in [-0.05, 0) is 40.6 Å². The molecule has 0 radical (unpaired) electrons. The summed E-state index contributed by atoms with van der Waals surface area (Å²) >= 11 is 0. The number of hydrogen-bond acceptors (Lipinski definition) is 5. The van der Waals surface area contributed by atoms with Gasteiger partial charge < -0.3 is 8.83 Å². The van der Waals surface area contributed by atoms with E-state index in [0.717, 1.165) is 77.2 Å². The SMILES string of the molecule is Bc1c(B)c(B)c2c(c1B)c1c(B)c(B)c(B)c(B)c1n2-c1nc(-c2ccccc2)nc(-c2cccc3c2oc2ccc(-c4cccc5c4oc4ccccc45)cc23)n1. The minimum Gasteiger partial charge on any atom is -0.455 e. The zero-order chi connectivity index (χ0) is 40.4. The first-order valence-corrected chi connectivity index (χ1v) is 20.3. The van der Waals surface area contributed by atoms with Gasteiger partial charge in [0.05, 0.1) is 5.56 Å². The molecule has 59 heavy (non-hydrogen) atoms. The molecule has 0 unspecified atom stereocenters. The molecule has 4 aromatic heterocycles. The number of para-hydroxylation sites is 3. The van der Waals surface area contributed by atoms with Crippen LogP contribution in [0.4, 0.5) is 0 Å². The Balaban J connectivity index is 1.18. The van der Waals surface area contributed by atoms with Crippen molar-refractivity contribution < 1.29 is 8.83 Å². The van der Waals surface area contributed by atoms with Crippen LogP contribution in [0.2, 0.25) is 0 Å². The molecule has 6 nitrogen and oxygen atoms in total. The van der Waals surface area contributed by atoms with Crippen LogP contribution in [-0.4, -0.2) is 82.3 Å². The van der Waals surface area contributed by atoms with E-state index in [9.17, 15) is 0 Å². The molecule has 4 heterocycles. The Kier molecular flexibility index (Phi) is 7.84. The highest BCUT2D eigenvalue weighted by atomic mass is 16.3. The van der Waals surface area contributed by atoms with E-state index >= 15 is 0 Å². The summed E-state index contributed by atoms with van der Waals surface area (Å²) in [6, 6.07) is 37.4. The third-order valence-electron chi connectivity index (χ3n) is 13.3. The van der Waals surface area contributed by atoms with Crippen LogP contribution in [0.1, 0.15) is 0 Å². The number of fused-ring (bicyclic) bond motifs is 9. The molecule has 0 N–H and O–H groups in total. The van der Waals surface area contributed by atoms with E-state index in [0.29, 0.717) is 17.6 Å². The normalized spacial score (nSPS) is 11.9. The highest BCUT2D eigenvalue weighted by molar-refractivity contribution is 6.71. The number of benzene rings is 7. The topological polar surface area (TPSA) is 69.9 Å². The summed E-state index contributed by atoms with van der Waals surface area (Å²) < 4.78 is 15.5. The fourth-order valence-electron chi connectivity index (χ4n) is 9.49. The van der Waals surface area contributed by atoms with Gasteiger partial charge in [0.15, 0.2) is 11.6 Å². The minimum atomic E-state index is 0.553. The lowest BCUT2D eigenvalue weighted by molar-refractivity contribution is 0.668. The van der Waals surface area contributed by atoms with Crippen molar-refractivity contribution in [3.63, 3.8) is 0 Å². The number of rotatable bonds is 4. The van der Waals surface area contributed by atoms with Gasteiger partial charge >= 0.3 is 0 Å². The van der Waals surface area contributed by atoms with E-state index < -0.39 is 0 Å². The number of furan rings is 2. The second kappa shape index (κ2) is 13.0. The number of nitrogens with zero attached hydrogens (tertiary/aromatic N) is 4. The van der Waals surface area contributed by atoms with E-state index in [4.69, 9.17) is 23.8 Å². The van der Waals surface area contributed by atoms with Crippen LogP contribution in [0.15, 0.2) is 118 Å². The largest absolute Gasteiger partial charge is 0.455 e. The number of hydrogen-bond donors (Lipinski definition) is 0. The van der Waals surface area contributed by atoms with Crippen molar-refractivity contribution in [2.45, 2.75) is 0 Å². The van der Waals surface area contributed by atoms with Crippen LogP contribution in [0.25, 0.3) is 106 Å². The molecule has 0 amide bonds. The molecule has 11 aromatic rings. The van der Waals surface area contributed by atoms with Crippen molar-refractivity contribution in [3.8, 4) is 39.9 Å². The van der Waals surface area contributed by atoms with Crippen molar-refractivity contribution in [1.29, 1.82) is 0 Å². The molecule has 0 bridgehead atoms. The van der Waals surface area contributed by atoms with Gasteiger partial charge in [0.1, 0.15) is 85.1 Å². The Morgan fingerprint density at radius 1 is 0.390 bits per heavy atom. The molecule has 0 spiro atoms. The molecule has 0 saturated carbocycles. The van der Waals surface area contributed by atoms with Gasteiger partial charge in [0.2, 0.25) is 5.95 Å². The van der Waals surface area contributed by atoms with E-state index in [2.05, 4.69) is 146 Å². The van der Waals surface area contributed by atoms with Crippen molar-refractivity contribution in [2.75, 3.05) is 0 Å². The number of aromatic nitrogens is 4. The maximum Gasteiger partial charge on any atom is 0.238 e. The van der Waals surface area contributed by atoms with Crippen molar-refractivity contribution in [3.05, 3.63) is 109 Å². The Hall–Kier alpha value is -6.53. The second-order valence-corrected chi connectivity index (χ2v) is 16.2. The molecule has 0 saturated heterocycles. The summed E-state index contributed by atoms with van der Waals surface area (Å²) in [5.74, 6) is 1.74. The van der Waals surface area contributed by atoms with Crippen LogP contribution in [0.3, 0.4) is 0 Å². The van der Waals surface area contributed by atoms with Gasteiger partial charge in [0, 0.05) is 43.7 Å². The average molecular weight is 749 g/mol. The molecule has 11 rings (SSSR count). The molecule has 270 valence electrons. The summed E-state index contributed by atoms with van der Waals surface area (Å²) in [5, 5.41) is 6.75. The predicted molar refractivity (Wildman–Crippen MR) is 270 cm³/mol. The van der Waals surface area contributed by atoms with Crippen LogP contribution >= 0.6 is 0 Å². The summed E-state index contributed by atoms with van der Waals surface area (Å²) in [4.78, 5) is 16.0. The fourth-order valence-corrected chi connectivity index (χ4v) is 9.49. The highest BCUT2D eigenvalue weighted by Crippen LogP contribution is 2.40. The molecular weight excluding hydrogens is 715 g/mol. The first kappa shape index (κ1) is 35.6. The van der Waals surface area contributed by atoms with Gasteiger partial charge in [-0.2, -0.15) is 9.97 Å². The van der Waals surface area contributed by atoms with Gasteiger partial charge in [0.25, 0.3) is 0 Å². The Morgan fingerprint density at radius 2 is 0.915 bits per heavy atom. The lowest BCUT2D eigenvalue weighted by atomic mass is 9.63. The minimum absolute atomic E-state index is 0.553. The van der Waals surface area contributed by atoms with Crippen molar-refractivity contribution >= 4 is 172 Å². The maximum atomic E-state index is 6.78. The third-order valence-corrected chi connectivity index (χ3v) is 13.3. The molecule has 0 aliphatic carbocycles. The first-order valence-electron chi connectivity index (χ1n) is 20.3. The zero-order valence-corrected chi connectivity index (χ0v) is 34.5. The molecule has 0 aliphatic rings.